The van der Waals surface area contributed by atoms with E-state index in [0.717, 1.165) is 18.3 Å². The number of halogens is 4. The molecule has 3 N–H and O–H groups in total. The summed E-state index contributed by atoms with van der Waals surface area (Å²) in [5.74, 6) is 5.87. The minimum Gasteiger partial charge on any atom is -0.382 e. The summed E-state index contributed by atoms with van der Waals surface area (Å²) in [5.41, 5.74) is 5.84. The zero-order valence-corrected chi connectivity index (χ0v) is 21.5. The maximum Gasteiger partial charge on any atom is 0.416 e. The van der Waals surface area contributed by atoms with Crippen LogP contribution in [0, 0.1) is 11.8 Å². The second-order valence-electron chi connectivity index (χ2n) is 8.61. The Hall–Kier alpha value is -4.95. The second kappa shape index (κ2) is 10.7. The first kappa shape index (κ1) is 26.6. The van der Waals surface area contributed by atoms with Crippen LogP contribution in [0.25, 0.3) is 16.6 Å². The fourth-order valence-corrected chi connectivity index (χ4v) is 4.28. The van der Waals surface area contributed by atoms with Crippen molar-refractivity contribution in [2.24, 2.45) is 0 Å². The van der Waals surface area contributed by atoms with Gasteiger partial charge in [-0.05, 0) is 49.2 Å². The quantitative estimate of drug-likeness (QED) is 0.283. The molecule has 8 nitrogen and oxygen atoms in total. The topological polar surface area (TPSA) is 112 Å². The molecule has 3 heterocycles. The predicted octanol–water partition coefficient (Wildman–Crippen LogP) is 5.40. The van der Waals surface area contributed by atoms with Crippen LogP contribution >= 0.6 is 11.6 Å². The summed E-state index contributed by atoms with van der Waals surface area (Å²) >= 11 is 6.36. The van der Waals surface area contributed by atoms with Crippen molar-refractivity contribution in [1.82, 2.24) is 24.5 Å². The van der Waals surface area contributed by atoms with Gasteiger partial charge in [-0.3, -0.25) is 9.36 Å². The van der Waals surface area contributed by atoms with Gasteiger partial charge in [-0.25, -0.2) is 19.9 Å². The number of nitrogens with zero attached hydrogens (tertiary/aromatic N) is 5. The second-order valence-corrected chi connectivity index (χ2v) is 9.01. The molecule has 0 aliphatic rings. The Kier molecular flexibility index (Phi) is 7.11. The van der Waals surface area contributed by atoms with Crippen molar-refractivity contribution >= 4 is 34.1 Å². The molecule has 12 heteroatoms. The largest absolute Gasteiger partial charge is 0.416 e. The van der Waals surface area contributed by atoms with Gasteiger partial charge in [0.25, 0.3) is 5.56 Å². The molecule has 40 heavy (non-hydrogen) atoms. The fourth-order valence-electron chi connectivity index (χ4n) is 4.03. The number of hydrogen-bond donors (Lipinski definition) is 2. The van der Waals surface area contributed by atoms with Gasteiger partial charge in [0.1, 0.15) is 35.0 Å². The third-order valence-electron chi connectivity index (χ3n) is 5.91. The van der Waals surface area contributed by atoms with Gasteiger partial charge in [0, 0.05) is 6.20 Å². The summed E-state index contributed by atoms with van der Waals surface area (Å²) in [4.78, 5) is 30.5. The molecule has 5 aromatic rings. The predicted molar refractivity (Wildman–Crippen MR) is 146 cm³/mol. The van der Waals surface area contributed by atoms with Crippen LogP contribution in [0.5, 0.6) is 0 Å². The number of fused-ring (bicyclic) bond motifs is 1. The average Bonchev–Trinajstić information content (AvgIpc) is 2.92. The van der Waals surface area contributed by atoms with E-state index in [4.69, 9.17) is 22.3 Å². The maximum atomic E-state index is 13.7. The lowest BCUT2D eigenvalue weighted by Crippen LogP contribution is -2.27. The molecule has 0 amide bonds. The monoisotopic (exact) mass is 561 g/mol. The van der Waals surface area contributed by atoms with Gasteiger partial charge in [-0.1, -0.05) is 41.8 Å². The third kappa shape index (κ3) is 5.30. The first-order valence-corrected chi connectivity index (χ1v) is 12.2. The Morgan fingerprint density at radius 2 is 1.80 bits per heavy atom. The van der Waals surface area contributed by atoms with E-state index in [1.807, 2.05) is 6.07 Å². The molecule has 0 radical (unpaired) electrons. The van der Waals surface area contributed by atoms with Gasteiger partial charge in [-0.15, -0.1) is 0 Å². The van der Waals surface area contributed by atoms with Crippen LogP contribution in [-0.2, 0) is 6.18 Å². The highest BCUT2D eigenvalue weighted by Gasteiger charge is 2.30. The highest BCUT2D eigenvalue weighted by atomic mass is 35.5. The number of benzene rings is 2. The summed E-state index contributed by atoms with van der Waals surface area (Å²) in [5, 5.41) is 3.71. The Labute approximate surface area is 230 Å². The van der Waals surface area contributed by atoms with Crippen molar-refractivity contribution in [3.8, 4) is 17.5 Å². The van der Waals surface area contributed by atoms with Crippen molar-refractivity contribution in [2.75, 3.05) is 11.1 Å². The van der Waals surface area contributed by atoms with Crippen molar-refractivity contribution in [3.05, 3.63) is 111 Å². The number of aromatic nitrogens is 5. The van der Waals surface area contributed by atoms with Gasteiger partial charge < -0.3 is 11.1 Å². The van der Waals surface area contributed by atoms with Gasteiger partial charge in [-0.2, -0.15) is 13.2 Å². The normalized spacial score (nSPS) is 12.0. The van der Waals surface area contributed by atoms with Gasteiger partial charge in [0.15, 0.2) is 0 Å². The van der Waals surface area contributed by atoms with E-state index < -0.39 is 17.8 Å². The molecule has 1 unspecified atom stereocenters. The molecular weight excluding hydrogens is 543 g/mol. The van der Waals surface area contributed by atoms with Crippen LogP contribution in [-0.4, -0.2) is 24.5 Å². The molecule has 0 saturated carbocycles. The molecule has 0 saturated heterocycles. The maximum absolute atomic E-state index is 13.7. The van der Waals surface area contributed by atoms with E-state index in [9.17, 15) is 18.0 Å². The number of nitrogens with two attached hydrogens (primary N) is 1. The fraction of sp³-hybridized carbons (Fsp3) is 0.107. The summed E-state index contributed by atoms with van der Waals surface area (Å²) in [7, 11) is 0. The van der Waals surface area contributed by atoms with E-state index in [0.29, 0.717) is 17.0 Å². The van der Waals surface area contributed by atoms with Crippen LogP contribution in [0.15, 0.2) is 78.0 Å². The summed E-state index contributed by atoms with van der Waals surface area (Å²) in [6.07, 6.45) is -2.29. The van der Waals surface area contributed by atoms with E-state index >= 15 is 0 Å². The van der Waals surface area contributed by atoms with Crippen LogP contribution in [0.3, 0.4) is 0 Å². The van der Waals surface area contributed by atoms with Gasteiger partial charge >= 0.3 is 6.18 Å². The van der Waals surface area contributed by atoms with Crippen LogP contribution in [0.4, 0.5) is 24.8 Å². The van der Waals surface area contributed by atoms with E-state index in [2.05, 4.69) is 32.1 Å². The highest BCUT2D eigenvalue weighted by molar-refractivity contribution is 6.35. The Morgan fingerprint density at radius 3 is 2.55 bits per heavy atom. The lowest BCUT2D eigenvalue weighted by Gasteiger charge is -2.21. The Bertz CT molecular complexity index is 1850. The van der Waals surface area contributed by atoms with Crippen molar-refractivity contribution in [2.45, 2.75) is 19.1 Å². The molecule has 1 atom stereocenters. The number of nitrogens with one attached hydrogen (secondary N) is 1. The van der Waals surface area contributed by atoms with Gasteiger partial charge in [0.2, 0.25) is 0 Å². The molecule has 5 rings (SSSR count). The van der Waals surface area contributed by atoms with E-state index in [1.54, 1.807) is 49.4 Å². The average molecular weight is 562 g/mol. The van der Waals surface area contributed by atoms with Crippen LogP contribution < -0.4 is 16.6 Å². The molecule has 200 valence electrons. The molecule has 0 aliphatic heterocycles. The van der Waals surface area contributed by atoms with E-state index in [-0.39, 0.29) is 38.9 Å². The minimum atomic E-state index is -4.54. The lowest BCUT2D eigenvalue weighted by atomic mass is 10.2. The number of rotatable bonds is 4. The van der Waals surface area contributed by atoms with Crippen LogP contribution in [0.2, 0.25) is 5.02 Å². The molecule has 0 spiro atoms. The summed E-state index contributed by atoms with van der Waals surface area (Å²) in [6.45, 7) is 1.77. The highest BCUT2D eigenvalue weighted by Crippen LogP contribution is 2.29. The first-order valence-electron chi connectivity index (χ1n) is 11.8. The molecule has 0 fully saturated rings. The lowest BCUT2D eigenvalue weighted by molar-refractivity contribution is -0.137. The Morgan fingerprint density at radius 1 is 1.02 bits per heavy atom. The zero-order valence-electron chi connectivity index (χ0n) is 20.7. The van der Waals surface area contributed by atoms with Crippen LogP contribution in [0.1, 0.15) is 35.6 Å². The number of hydrogen-bond acceptors (Lipinski definition) is 7. The number of nitrogen functional groups attached to an aromatic ring is 1. The van der Waals surface area contributed by atoms with Crippen molar-refractivity contribution < 1.29 is 13.2 Å². The first-order chi connectivity index (χ1) is 19.1. The smallest absolute Gasteiger partial charge is 0.382 e. The van der Waals surface area contributed by atoms with Gasteiger partial charge in [0.05, 0.1) is 33.2 Å². The SMILES string of the molecule is CC(Nc1ncnc(N)c1C#Cc1cc(C(F)(F)F)ccn1)c1nc2cccc(Cl)c2c(=O)n1-c1ccccc1. The van der Waals surface area contributed by atoms with Crippen molar-refractivity contribution in [1.29, 1.82) is 0 Å². The minimum absolute atomic E-state index is 0.00267. The number of pyridine rings is 1. The summed E-state index contributed by atoms with van der Waals surface area (Å²) < 4.78 is 40.8. The van der Waals surface area contributed by atoms with Crippen molar-refractivity contribution in [3.63, 3.8) is 0 Å². The molecule has 0 aliphatic carbocycles. The molecular formula is C28H19ClF3N7O. The standard InChI is InChI=1S/C28H19ClF3N7O/c1-16(26-38-22-9-5-8-21(29)23(22)27(40)39(26)19-6-3-2-4-7-19)37-25-20(24(33)35-15-36-25)11-10-18-14-17(12-13-34-18)28(30,31)32/h2-9,12-16H,1H3,(H3,33,35,36,37). The number of para-hydroxylation sites is 1. The third-order valence-corrected chi connectivity index (χ3v) is 6.22. The zero-order chi connectivity index (χ0) is 28.4. The number of alkyl halides is 3. The molecule has 0 bridgehead atoms. The Balaban J connectivity index is 1.58. The van der Waals surface area contributed by atoms with E-state index in [1.165, 1.54) is 10.9 Å². The molecule has 3 aromatic heterocycles. The molecule has 2 aromatic carbocycles. The number of anilines is 2. The summed E-state index contributed by atoms with van der Waals surface area (Å²) in [6, 6.07) is 15.0.